The van der Waals surface area contributed by atoms with Gasteiger partial charge in [-0.05, 0) is 68.9 Å². The van der Waals surface area contributed by atoms with E-state index in [1.165, 1.54) is 0 Å². The third kappa shape index (κ3) is 6.33. The highest BCUT2D eigenvalue weighted by molar-refractivity contribution is 6.07. The molecule has 1 heterocycles. The molecule has 0 bridgehead atoms. The molecule has 1 saturated heterocycles. The zero-order valence-electron chi connectivity index (χ0n) is 19.4. The first kappa shape index (κ1) is 23.8. The van der Waals surface area contributed by atoms with Gasteiger partial charge in [-0.15, -0.1) is 0 Å². The number of ether oxygens (including phenoxy) is 1. The summed E-state index contributed by atoms with van der Waals surface area (Å²) < 4.78 is 5.36. The van der Waals surface area contributed by atoms with Gasteiger partial charge in [0.2, 0.25) is 0 Å². The van der Waals surface area contributed by atoms with E-state index in [4.69, 9.17) is 4.74 Å². The Hall–Kier alpha value is -2.86. The summed E-state index contributed by atoms with van der Waals surface area (Å²) in [6, 6.07) is 13.1. The standard InChI is InChI=1S/C26H35N3O3/c1-4-32-17-7-14-27-25(30)23-18-21(28-26(31)22-9-6-5-8-20(22)3)10-11-24(23)29-15-12-19(2)13-16-29/h5-6,8-11,18-19H,4,7,12-17H2,1-3H3,(H,27,30)(H,28,31). The number of hydrogen-bond donors (Lipinski definition) is 2. The molecule has 172 valence electrons. The molecular weight excluding hydrogens is 402 g/mol. The molecule has 32 heavy (non-hydrogen) atoms. The van der Waals surface area contributed by atoms with Crippen molar-refractivity contribution in [2.24, 2.45) is 5.92 Å². The lowest BCUT2D eigenvalue weighted by atomic mass is 9.97. The van der Waals surface area contributed by atoms with Crippen LogP contribution in [0.5, 0.6) is 0 Å². The molecule has 0 unspecified atom stereocenters. The quantitative estimate of drug-likeness (QED) is 0.561. The summed E-state index contributed by atoms with van der Waals surface area (Å²) in [4.78, 5) is 28.1. The minimum absolute atomic E-state index is 0.123. The topological polar surface area (TPSA) is 70.7 Å². The van der Waals surface area contributed by atoms with Gasteiger partial charge >= 0.3 is 0 Å². The minimum Gasteiger partial charge on any atom is -0.382 e. The summed E-state index contributed by atoms with van der Waals surface area (Å²) in [6.07, 6.45) is 2.99. The van der Waals surface area contributed by atoms with Crippen LogP contribution in [0.4, 0.5) is 11.4 Å². The van der Waals surface area contributed by atoms with E-state index in [0.29, 0.717) is 42.5 Å². The fraction of sp³-hybridized carbons (Fsp3) is 0.462. The van der Waals surface area contributed by atoms with Gasteiger partial charge in [0, 0.05) is 49.8 Å². The molecule has 6 nitrogen and oxygen atoms in total. The van der Waals surface area contributed by atoms with Crippen molar-refractivity contribution in [2.75, 3.05) is 43.1 Å². The first-order valence-corrected chi connectivity index (χ1v) is 11.6. The van der Waals surface area contributed by atoms with Crippen molar-refractivity contribution in [1.82, 2.24) is 5.32 Å². The van der Waals surface area contributed by atoms with Gasteiger partial charge in [-0.2, -0.15) is 0 Å². The van der Waals surface area contributed by atoms with Crippen LogP contribution < -0.4 is 15.5 Å². The lowest BCUT2D eigenvalue weighted by molar-refractivity contribution is 0.0943. The van der Waals surface area contributed by atoms with Gasteiger partial charge in [0.1, 0.15) is 0 Å². The van der Waals surface area contributed by atoms with E-state index in [-0.39, 0.29) is 11.8 Å². The summed E-state index contributed by atoms with van der Waals surface area (Å²) in [6.45, 7) is 9.86. The number of anilines is 2. The molecule has 1 aliphatic rings. The van der Waals surface area contributed by atoms with E-state index in [1.807, 2.05) is 44.2 Å². The van der Waals surface area contributed by atoms with Gasteiger partial charge in [-0.3, -0.25) is 9.59 Å². The number of nitrogens with zero attached hydrogens (tertiary/aromatic N) is 1. The van der Waals surface area contributed by atoms with Gasteiger partial charge < -0.3 is 20.3 Å². The highest BCUT2D eigenvalue weighted by Crippen LogP contribution is 2.29. The van der Waals surface area contributed by atoms with Crippen molar-refractivity contribution in [3.8, 4) is 0 Å². The summed E-state index contributed by atoms with van der Waals surface area (Å²) in [5.41, 5.74) is 3.68. The van der Waals surface area contributed by atoms with Crippen molar-refractivity contribution in [1.29, 1.82) is 0 Å². The number of nitrogens with one attached hydrogen (secondary N) is 2. The second kappa shape index (κ2) is 11.7. The zero-order chi connectivity index (χ0) is 22.9. The number of aryl methyl sites for hydroxylation is 1. The Morgan fingerprint density at radius 3 is 2.53 bits per heavy atom. The number of rotatable bonds is 9. The summed E-state index contributed by atoms with van der Waals surface area (Å²) >= 11 is 0. The van der Waals surface area contributed by atoms with E-state index in [9.17, 15) is 9.59 Å². The molecular formula is C26H35N3O3. The Bertz CT molecular complexity index is 920. The molecule has 2 aromatic carbocycles. The maximum Gasteiger partial charge on any atom is 0.255 e. The average molecular weight is 438 g/mol. The maximum atomic E-state index is 13.1. The molecule has 0 spiro atoms. The third-order valence-electron chi connectivity index (χ3n) is 5.97. The van der Waals surface area contributed by atoms with E-state index in [0.717, 1.165) is 43.6 Å². The van der Waals surface area contributed by atoms with E-state index in [2.05, 4.69) is 22.5 Å². The molecule has 0 aromatic heterocycles. The van der Waals surface area contributed by atoms with Crippen LogP contribution >= 0.6 is 0 Å². The van der Waals surface area contributed by atoms with Gasteiger partial charge in [0.05, 0.1) is 5.56 Å². The average Bonchev–Trinajstić information content (AvgIpc) is 2.79. The minimum atomic E-state index is -0.175. The van der Waals surface area contributed by atoms with Gasteiger partial charge in [0.15, 0.2) is 0 Å². The van der Waals surface area contributed by atoms with Crippen LogP contribution in [0.3, 0.4) is 0 Å². The molecule has 0 aliphatic carbocycles. The molecule has 6 heteroatoms. The summed E-state index contributed by atoms with van der Waals surface area (Å²) in [5.74, 6) is 0.405. The first-order valence-electron chi connectivity index (χ1n) is 11.6. The van der Waals surface area contributed by atoms with Gasteiger partial charge in [-0.25, -0.2) is 0 Å². The normalized spacial score (nSPS) is 14.3. The Morgan fingerprint density at radius 1 is 1.06 bits per heavy atom. The SMILES string of the molecule is CCOCCCNC(=O)c1cc(NC(=O)c2ccccc2C)ccc1N1CCC(C)CC1. The van der Waals surface area contributed by atoms with Crippen LogP contribution in [0, 0.1) is 12.8 Å². The predicted molar refractivity (Wildman–Crippen MR) is 130 cm³/mol. The van der Waals surface area contributed by atoms with E-state index in [1.54, 1.807) is 12.1 Å². The van der Waals surface area contributed by atoms with E-state index >= 15 is 0 Å². The molecule has 2 N–H and O–H groups in total. The number of amides is 2. The highest BCUT2D eigenvalue weighted by atomic mass is 16.5. The number of hydrogen-bond acceptors (Lipinski definition) is 4. The molecule has 1 fully saturated rings. The van der Waals surface area contributed by atoms with Crippen molar-refractivity contribution < 1.29 is 14.3 Å². The second-order valence-electron chi connectivity index (χ2n) is 8.48. The van der Waals surface area contributed by atoms with Crippen LogP contribution in [-0.4, -0.2) is 44.7 Å². The van der Waals surface area contributed by atoms with Crippen LogP contribution in [-0.2, 0) is 4.74 Å². The fourth-order valence-corrected chi connectivity index (χ4v) is 3.96. The molecule has 0 radical (unpaired) electrons. The Labute approximate surface area is 191 Å². The van der Waals surface area contributed by atoms with Crippen LogP contribution in [0.25, 0.3) is 0 Å². The second-order valence-corrected chi connectivity index (χ2v) is 8.48. The maximum absolute atomic E-state index is 13.1. The van der Waals surface area contributed by atoms with Gasteiger partial charge in [-0.1, -0.05) is 25.1 Å². The number of piperidine rings is 1. The monoisotopic (exact) mass is 437 g/mol. The number of carbonyl (C=O) groups is 2. The zero-order valence-corrected chi connectivity index (χ0v) is 19.4. The van der Waals surface area contributed by atoms with Crippen LogP contribution in [0.2, 0.25) is 0 Å². The Morgan fingerprint density at radius 2 is 1.81 bits per heavy atom. The Balaban J connectivity index is 1.79. The summed E-state index contributed by atoms with van der Waals surface area (Å²) in [5, 5.41) is 5.97. The molecule has 2 amide bonds. The van der Waals surface area contributed by atoms with Crippen molar-refractivity contribution in [2.45, 2.75) is 40.0 Å². The third-order valence-corrected chi connectivity index (χ3v) is 5.97. The fourth-order valence-electron chi connectivity index (χ4n) is 3.96. The number of benzene rings is 2. The smallest absolute Gasteiger partial charge is 0.255 e. The predicted octanol–water partition coefficient (Wildman–Crippen LogP) is 4.64. The first-order chi connectivity index (χ1) is 15.5. The summed E-state index contributed by atoms with van der Waals surface area (Å²) in [7, 11) is 0. The van der Waals surface area contributed by atoms with Crippen molar-refractivity contribution >= 4 is 23.2 Å². The van der Waals surface area contributed by atoms with Crippen molar-refractivity contribution in [3.05, 3.63) is 59.2 Å². The largest absolute Gasteiger partial charge is 0.382 e. The van der Waals surface area contributed by atoms with Crippen LogP contribution in [0.1, 0.15) is 59.4 Å². The highest BCUT2D eigenvalue weighted by Gasteiger charge is 2.22. The molecule has 2 aromatic rings. The van der Waals surface area contributed by atoms with Crippen LogP contribution in [0.15, 0.2) is 42.5 Å². The lowest BCUT2D eigenvalue weighted by Crippen LogP contribution is -2.35. The molecule has 3 rings (SSSR count). The molecule has 0 atom stereocenters. The molecule has 1 aliphatic heterocycles. The lowest BCUT2D eigenvalue weighted by Gasteiger charge is -2.33. The molecule has 0 saturated carbocycles. The van der Waals surface area contributed by atoms with Gasteiger partial charge in [0.25, 0.3) is 11.8 Å². The van der Waals surface area contributed by atoms with Crippen molar-refractivity contribution in [3.63, 3.8) is 0 Å². The Kier molecular flexibility index (Phi) is 8.68. The van der Waals surface area contributed by atoms with E-state index < -0.39 is 0 Å². The number of carbonyl (C=O) groups excluding carboxylic acids is 2.